The molecule has 1 aromatic rings. The van der Waals surface area contributed by atoms with E-state index in [-0.39, 0.29) is 23.9 Å². The van der Waals surface area contributed by atoms with E-state index in [0.717, 1.165) is 4.90 Å². The van der Waals surface area contributed by atoms with Crippen LogP contribution in [0.15, 0.2) is 12.4 Å². The Morgan fingerprint density at radius 3 is 2.53 bits per heavy atom. The lowest BCUT2D eigenvalue weighted by Gasteiger charge is -2.24. The molecule has 0 atom stereocenters. The summed E-state index contributed by atoms with van der Waals surface area (Å²) in [4.78, 5) is 42.6. The van der Waals surface area contributed by atoms with Crippen LogP contribution in [0.25, 0.3) is 0 Å². The lowest BCUT2D eigenvalue weighted by Crippen LogP contribution is -2.53. The summed E-state index contributed by atoms with van der Waals surface area (Å²) in [5.41, 5.74) is 0.000000000000000444. The number of hydrogen-bond donors (Lipinski definition) is 1. The molecule has 1 fully saturated rings. The van der Waals surface area contributed by atoms with Gasteiger partial charge in [0.1, 0.15) is 23.9 Å². The second-order valence-electron chi connectivity index (χ2n) is 3.36. The molecule has 1 aliphatic heterocycles. The SMILES string of the molecule is O=C1CN(C(=O)c2cncc(Cl)n2)CC(=O)N1. The molecule has 1 aliphatic rings. The van der Waals surface area contributed by atoms with Crippen molar-refractivity contribution in [2.75, 3.05) is 13.1 Å². The van der Waals surface area contributed by atoms with Gasteiger partial charge in [0, 0.05) is 0 Å². The zero-order valence-corrected chi connectivity index (χ0v) is 9.27. The second kappa shape index (κ2) is 4.46. The van der Waals surface area contributed by atoms with Gasteiger partial charge in [-0.2, -0.15) is 0 Å². The number of aromatic nitrogens is 2. The van der Waals surface area contributed by atoms with Crippen molar-refractivity contribution in [2.45, 2.75) is 0 Å². The number of carbonyl (C=O) groups excluding carboxylic acids is 3. The third-order valence-electron chi connectivity index (χ3n) is 2.06. The molecular weight excluding hydrogens is 248 g/mol. The molecule has 8 heteroatoms. The van der Waals surface area contributed by atoms with E-state index in [1.807, 2.05) is 0 Å². The molecule has 0 unspecified atom stereocenters. The Morgan fingerprint density at radius 2 is 1.94 bits per heavy atom. The summed E-state index contributed by atoms with van der Waals surface area (Å²) in [6.45, 7) is -0.364. The normalized spacial score (nSPS) is 15.7. The maximum atomic E-state index is 11.9. The van der Waals surface area contributed by atoms with Gasteiger partial charge >= 0.3 is 0 Å². The highest BCUT2D eigenvalue weighted by Crippen LogP contribution is 2.07. The third-order valence-corrected chi connectivity index (χ3v) is 2.24. The van der Waals surface area contributed by atoms with Crippen molar-refractivity contribution in [1.82, 2.24) is 20.2 Å². The maximum Gasteiger partial charge on any atom is 0.275 e. The van der Waals surface area contributed by atoms with Crippen molar-refractivity contribution in [2.24, 2.45) is 0 Å². The van der Waals surface area contributed by atoms with Gasteiger partial charge in [-0.05, 0) is 0 Å². The fourth-order valence-corrected chi connectivity index (χ4v) is 1.54. The van der Waals surface area contributed by atoms with Crippen LogP contribution < -0.4 is 5.32 Å². The predicted octanol–water partition coefficient (Wildman–Crippen LogP) is -0.771. The van der Waals surface area contributed by atoms with Crippen LogP contribution in [0, 0.1) is 0 Å². The quantitative estimate of drug-likeness (QED) is 0.665. The minimum atomic E-state index is -0.553. The Balaban J connectivity index is 2.20. The first kappa shape index (κ1) is 11.5. The Hall–Kier alpha value is -2.02. The minimum Gasteiger partial charge on any atom is -0.319 e. The van der Waals surface area contributed by atoms with E-state index >= 15 is 0 Å². The number of nitrogens with one attached hydrogen (secondary N) is 1. The highest BCUT2D eigenvalue weighted by molar-refractivity contribution is 6.29. The minimum absolute atomic E-state index is 0.000000000000000444. The van der Waals surface area contributed by atoms with Gasteiger partial charge in [0.15, 0.2) is 0 Å². The molecule has 17 heavy (non-hydrogen) atoms. The van der Waals surface area contributed by atoms with Gasteiger partial charge in [-0.3, -0.25) is 24.7 Å². The van der Waals surface area contributed by atoms with Crippen LogP contribution in [0.4, 0.5) is 0 Å². The molecule has 0 aromatic carbocycles. The fraction of sp³-hybridized carbons (Fsp3) is 0.222. The Kier molecular flexibility index (Phi) is 3.01. The van der Waals surface area contributed by atoms with E-state index in [1.165, 1.54) is 12.4 Å². The van der Waals surface area contributed by atoms with E-state index < -0.39 is 17.7 Å². The smallest absolute Gasteiger partial charge is 0.275 e. The molecule has 0 spiro atoms. The van der Waals surface area contributed by atoms with Gasteiger partial charge in [-0.15, -0.1) is 0 Å². The zero-order valence-electron chi connectivity index (χ0n) is 8.51. The van der Waals surface area contributed by atoms with Crippen LogP contribution in [0.3, 0.4) is 0 Å². The molecule has 0 radical (unpaired) electrons. The number of imide groups is 1. The number of amides is 3. The molecule has 0 aliphatic carbocycles. The molecule has 2 rings (SSSR count). The number of halogens is 1. The van der Waals surface area contributed by atoms with Crippen molar-refractivity contribution in [1.29, 1.82) is 0 Å². The Labute approximate surface area is 101 Å². The van der Waals surface area contributed by atoms with Crippen molar-refractivity contribution >= 4 is 29.3 Å². The van der Waals surface area contributed by atoms with Gasteiger partial charge in [0.05, 0.1) is 12.4 Å². The number of hydrogen-bond acceptors (Lipinski definition) is 5. The van der Waals surface area contributed by atoms with E-state index in [1.54, 1.807) is 0 Å². The molecule has 1 saturated heterocycles. The summed E-state index contributed by atoms with van der Waals surface area (Å²) in [6.07, 6.45) is 2.51. The molecule has 3 amide bonds. The fourth-order valence-electron chi connectivity index (χ4n) is 1.39. The number of rotatable bonds is 1. The van der Waals surface area contributed by atoms with Gasteiger partial charge in [0.2, 0.25) is 11.8 Å². The molecule has 0 bridgehead atoms. The number of nitrogens with zero attached hydrogens (tertiary/aromatic N) is 3. The number of piperazine rings is 1. The van der Waals surface area contributed by atoms with Gasteiger partial charge in [-0.1, -0.05) is 11.6 Å². The number of carbonyl (C=O) groups is 3. The third kappa shape index (κ3) is 2.56. The van der Waals surface area contributed by atoms with Crippen LogP contribution >= 0.6 is 11.6 Å². The van der Waals surface area contributed by atoms with Crippen molar-refractivity contribution in [3.63, 3.8) is 0 Å². The zero-order chi connectivity index (χ0) is 12.4. The van der Waals surface area contributed by atoms with Crippen molar-refractivity contribution in [3.8, 4) is 0 Å². The average Bonchev–Trinajstić information content (AvgIpc) is 2.26. The lowest BCUT2D eigenvalue weighted by molar-refractivity contribution is -0.135. The van der Waals surface area contributed by atoms with E-state index in [2.05, 4.69) is 15.3 Å². The molecule has 0 saturated carbocycles. The summed E-state index contributed by atoms with van der Waals surface area (Å²) < 4.78 is 0. The molecule has 7 nitrogen and oxygen atoms in total. The standard InChI is InChI=1S/C9H7ClN4O3/c10-6-2-11-1-5(12-6)9(17)14-3-7(15)13-8(16)4-14/h1-2H,3-4H2,(H,13,15,16). The van der Waals surface area contributed by atoms with Gasteiger partial charge < -0.3 is 4.90 Å². The van der Waals surface area contributed by atoms with Gasteiger partial charge in [0.25, 0.3) is 5.91 Å². The predicted molar refractivity (Wildman–Crippen MR) is 56.1 cm³/mol. The molecule has 2 heterocycles. The summed E-state index contributed by atoms with van der Waals surface area (Å²) in [5.74, 6) is -1.60. The second-order valence-corrected chi connectivity index (χ2v) is 3.75. The van der Waals surface area contributed by atoms with E-state index in [9.17, 15) is 14.4 Å². The van der Waals surface area contributed by atoms with Gasteiger partial charge in [-0.25, -0.2) is 4.98 Å². The Bertz CT molecular complexity index is 489. The first-order valence-corrected chi connectivity index (χ1v) is 5.03. The van der Waals surface area contributed by atoms with Crippen LogP contribution in [-0.2, 0) is 9.59 Å². The van der Waals surface area contributed by atoms with Crippen LogP contribution in [0.1, 0.15) is 10.5 Å². The van der Waals surface area contributed by atoms with Crippen LogP contribution in [-0.4, -0.2) is 45.7 Å². The van der Waals surface area contributed by atoms with E-state index in [0.29, 0.717) is 0 Å². The van der Waals surface area contributed by atoms with Crippen molar-refractivity contribution < 1.29 is 14.4 Å². The summed E-state index contributed by atoms with van der Waals surface area (Å²) in [7, 11) is 0. The average molecular weight is 255 g/mol. The first-order valence-electron chi connectivity index (χ1n) is 4.66. The molecular formula is C9H7ClN4O3. The summed E-state index contributed by atoms with van der Waals surface area (Å²) in [6, 6.07) is 0. The maximum absolute atomic E-state index is 11.9. The highest BCUT2D eigenvalue weighted by atomic mass is 35.5. The molecule has 88 valence electrons. The van der Waals surface area contributed by atoms with Crippen molar-refractivity contribution in [3.05, 3.63) is 23.2 Å². The lowest BCUT2D eigenvalue weighted by atomic mass is 10.3. The molecule has 1 N–H and O–H groups in total. The Morgan fingerprint density at radius 1 is 1.29 bits per heavy atom. The highest BCUT2D eigenvalue weighted by Gasteiger charge is 2.27. The van der Waals surface area contributed by atoms with Crippen LogP contribution in [0.2, 0.25) is 5.15 Å². The largest absolute Gasteiger partial charge is 0.319 e. The summed E-state index contributed by atoms with van der Waals surface area (Å²) >= 11 is 5.59. The summed E-state index contributed by atoms with van der Waals surface area (Å²) in [5, 5.41) is 2.17. The first-order chi connectivity index (χ1) is 8.06. The van der Waals surface area contributed by atoms with Crippen LogP contribution in [0.5, 0.6) is 0 Å². The topological polar surface area (TPSA) is 92.3 Å². The molecule has 1 aromatic heterocycles. The van der Waals surface area contributed by atoms with E-state index in [4.69, 9.17) is 11.6 Å². The monoisotopic (exact) mass is 254 g/mol.